The number of hydrogen-bond donors (Lipinski definition) is 1. The molecule has 0 aromatic rings. The van der Waals surface area contributed by atoms with Crippen LogP contribution in [-0.4, -0.2) is 66.8 Å². The summed E-state index contributed by atoms with van der Waals surface area (Å²) in [4.78, 5) is 5.34. The molecule has 0 amide bonds. The average Bonchev–Trinajstić information content (AvgIpc) is 2.89. The molecular weight excluding hydrogens is 226 g/mol. The van der Waals surface area contributed by atoms with Gasteiger partial charge in [0.05, 0.1) is 6.10 Å². The molecule has 0 aromatic heterocycles. The molecule has 0 saturated carbocycles. The van der Waals surface area contributed by atoms with Crippen LogP contribution in [-0.2, 0) is 4.74 Å². The molecule has 2 N–H and O–H groups in total. The van der Waals surface area contributed by atoms with E-state index in [1.165, 1.54) is 32.4 Å². The van der Waals surface area contributed by atoms with Crippen molar-refractivity contribution in [3.05, 3.63) is 0 Å². The predicted molar refractivity (Wildman–Crippen MR) is 72.6 cm³/mol. The minimum absolute atomic E-state index is 0.235. The number of hydrogen-bond acceptors (Lipinski definition) is 4. The lowest BCUT2D eigenvalue weighted by atomic mass is 9.86. The van der Waals surface area contributed by atoms with Gasteiger partial charge in [0, 0.05) is 44.4 Å². The summed E-state index contributed by atoms with van der Waals surface area (Å²) in [6.07, 6.45) is 5.45. The molecule has 0 aromatic carbocycles. The van der Waals surface area contributed by atoms with E-state index in [2.05, 4.69) is 16.7 Å². The maximum Gasteiger partial charge on any atom is 0.0674 e. The van der Waals surface area contributed by atoms with Crippen LogP contribution in [0.3, 0.4) is 0 Å². The summed E-state index contributed by atoms with van der Waals surface area (Å²) in [6.45, 7) is 8.66. The van der Waals surface area contributed by atoms with Crippen LogP contribution in [0.5, 0.6) is 0 Å². The largest absolute Gasteiger partial charge is 0.377 e. The van der Waals surface area contributed by atoms with Crippen LogP contribution in [0, 0.1) is 0 Å². The van der Waals surface area contributed by atoms with E-state index in [-0.39, 0.29) is 5.54 Å². The van der Waals surface area contributed by atoms with E-state index in [4.69, 9.17) is 10.5 Å². The van der Waals surface area contributed by atoms with Crippen molar-refractivity contribution >= 4 is 0 Å². The maximum absolute atomic E-state index is 6.24. The van der Waals surface area contributed by atoms with Gasteiger partial charge in [-0.3, -0.25) is 9.80 Å². The SMILES string of the molecule is CC1CN(C2(CN)CCN3CCCC32)CCCO1. The summed E-state index contributed by atoms with van der Waals surface area (Å²) in [5.41, 5.74) is 6.48. The minimum atomic E-state index is 0.235. The molecule has 3 fully saturated rings. The topological polar surface area (TPSA) is 41.7 Å². The van der Waals surface area contributed by atoms with Gasteiger partial charge in [0.2, 0.25) is 0 Å². The van der Waals surface area contributed by atoms with Crippen LogP contribution in [0.1, 0.15) is 32.6 Å². The van der Waals surface area contributed by atoms with Crippen LogP contribution in [0.15, 0.2) is 0 Å². The standard InChI is InChI=1S/C14H27N3O/c1-12-10-17(7-3-9-18-12)14(11-15)5-8-16-6-2-4-13(14)16/h12-13H,2-11,15H2,1H3. The maximum atomic E-state index is 6.24. The normalized spacial score (nSPS) is 43.0. The number of nitrogens with two attached hydrogens (primary N) is 1. The molecule has 0 spiro atoms. The third-order valence-corrected chi connectivity index (χ3v) is 5.25. The molecule has 4 heteroatoms. The van der Waals surface area contributed by atoms with E-state index >= 15 is 0 Å². The highest BCUT2D eigenvalue weighted by molar-refractivity contribution is 5.10. The summed E-state index contributed by atoms with van der Waals surface area (Å²) in [5, 5.41) is 0. The fourth-order valence-electron chi connectivity index (χ4n) is 4.34. The van der Waals surface area contributed by atoms with Gasteiger partial charge in [-0.25, -0.2) is 0 Å². The molecular formula is C14H27N3O. The average molecular weight is 253 g/mol. The Morgan fingerprint density at radius 2 is 2.17 bits per heavy atom. The number of rotatable bonds is 2. The van der Waals surface area contributed by atoms with Crippen LogP contribution in [0.4, 0.5) is 0 Å². The Hall–Kier alpha value is -0.160. The molecule has 3 heterocycles. The van der Waals surface area contributed by atoms with Gasteiger partial charge in [-0.15, -0.1) is 0 Å². The first-order valence-electron chi connectivity index (χ1n) is 7.57. The van der Waals surface area contributed by atoms with E-state index in [0.29, 0.717) is 12.1 Å². The fraction of sp³-hybridized carbons (Fsp3) is 1.00. The molecule has 3 atom stereocenters. The Bertz CT molecular complexity index is 299. The number of ether oxygens (including phenoxy) is 1. The smallest absolute Gasteiger partial charge is 0.0674 e. The van der Waals surface area contributed by atoms with Crippen LogP contribution >= 0.6 is 0 Å². The summed E-state index contributed by atoms with van der Waals surface area (Å²) in [5.74, 6) is 0. The first-order valence-corrected chi connectivity index (χ1v) is 7.57. The zero-order chi connectivity index (χ0) is 12.6. The molecule has 3 aliphatic rings. The molecule has 104 valence electrons. The summed E-state index contributed by atoms with van der Waals surface area (Å²) in [6, 6.07) is 0.702. The highest BCUT2D eigenvalue weighted by Crippen LogP contribution is 2.40. The van der Waals surface area contributed by atoms with E-state index in [1.54, 1.807) is 0 Å². The van der Waals surface area contributed by atoms with Crippen molar-refractivity contribution in [2.75, 3.05) is 39.3 Å². The van der Waals surface area contributed by atoms with Gasteiger partial charge in [-0.2, -0.15) is 0 Å². The van der Waals surface area contributed by atoms with Crippen molar-refractivity contribution in [3.63, 3.8) is 0 Å². The monoisotopic (exact) mass is 253 g/mol. The van der Waals surface area contributed by atoms with Crippen molar-refractivity contribution in [3.8, 4) is 0 Å². The zero-order valence-electron chi connectivity index (χ0n) is 11.6. The lowest BCUT2D eigenvalue weighted by molar-refractivity contribution is 0.0262. The second-order valence-electron chi connectivity index (χ2n) is 6.23. The van der Waals surface area contributed by atoms with Gasteiger partial charge in [0.1, 0.15) is 0 Å². The molecule has 3 rings (SSSR count). The van der Waals surface area contributed by atoms with Crippen LogP contribution in [0.2, 0.25) is 0 Å². The first kappa shape index (κ1) is 12.9. The van der Waals surface area contributed by atoms with Gasteiger partial charge in [0.25, 0.3) is 0 Å². The molecule has 0 bridgehead atoms. The van der Waals surface area contributed by atoms with Crippen molar-refractivity contribution in [2.45, 2.75) is 50.3 Å². The van der Waals surface area contributed by atoms with Crippen molar-refractivity contribution < 1.29 is 4.74 Å². The molecule has 0 aliphatic carbocycles. The molecule has 18 heavy (non-hydrogen) atoms. The van der Waals surface area contributed by atoms with E-state index in [0.717, 1.165) is 32.7 Å². The zero-order valence-corrected chi connectivity index (χ0v) is 11.6. The highest BCUT2D eigenvalue weighted by atomic mass is 16.5. The molecule has 3 unspecified atom stereocenters. The van der Waals surface area contributed by atoms with Gasteiger partial charge < -0.3 is 10.5 Å². The Labute approximate surface area is 110 Å². The molecule has 3 saturated heterocycles. The van der Waals surface area contributed by atoms with E-state index in [9.17, 15) is 0 Å². The predicted octanol–water partition coefficient (Wildman–Crippen LogP) is 0.663. The minimum Gasteiger partial charge on any atom is -0.377 e. The lowest BCUT2D eigenvalue weighted by Gasteiger charge is -2.44. The highest BCUT2D eigenvalue weighted by Gasteiger charge is 2.51. The van der Waals surface area contributed by atoms with Gasteiger partial charge in [0.15, 0.2) is 0 Å². The van der Waals surface area contributed by atoms with E-state index < -0.39 is 0 Å². The Balaban J connectivity index is 1.81. The van der Waals surface area contributed by atoms with Crippen LogP contribution < -0.4 is 5.73 Å². The third-order valence-electron chi connectivity index (χ3n) is 5.25. The Morgan fingerprint density at radius 3 is 3.00 bits per heavy atom. The van der Waals surface area contributed by atoms with Crippen LogP contribution in [0.25, 0.3) is 0 Å². The summed E-state index contributed by atoms with van der Waals surface area (Å²) < 4.78 is 5.80. The quantitative estimate of drug-likeness (QED) is 0.785. The van der Waals surface area contributed by atoms with Crippen molar-refractivity contribution in [1.82, 2.24) is 9.80 Å². The van der Waals surface area contributed by atoms with Crippen molar-refractivity contribution in [2.24, 2.45) is 5.73 Å². The molecule has 0 radical (unpaired) electrons. The summed E-state index contributed by atoms with van der Waals surface area (Å²) >= 11 is 0. The lowest BCUT2D eigenvalue weighted by Crippen LogP contribution is -2.61. The Kier molecular flexibility index (Phi) is 3.63. The van der Waals surface area contributed by atoms with E-state index in [1.807, 2.05) is 0 Å². The van der Waals surface area contributed by atoms with Gasteiger partial charge >= 0.3 is 0 Å². The first-order chi connectivity index (χ1) is 8.76. The second kappa shape index (κ2) is 5.08. The van der Waals surface area contributed by atoms with Gasteiger partial charge in [-0.1, -0.05) is 0 Å². The number of nitrogens with zero attached hydrogens (tertiary/aromatic N) is 2. The van der Waals surface area contributed by atoms with Gasteiger partial charge in [-0.05, 0) is 39.2 Å². The third kappa shape index (κ3) is 1.99. The molecule has 3 aliphatic heterocycles. The Morgan fingerprint density at radius 1 is 1.28 bits per heavy atom. The molecule has 4 nitrogen and oxygen atoms in total. The number of fused-ring (bicyclic) bond motifs is 1. The summed E-state index contributed by atoms with van der Waals surface area (Å²) in [7, 11) is 0. The van der Waals surface area contributed by atoms with Crippen molar-refractivity contribution in [1.29, 1.82) is 0 Å². The fourth-order valence-corrected chi connectivity index (χ4v) is 4.34. The second-order valence-corrected chi connectivity index (χ2v) is 6.23.